The summed E-state index contributed by atoms with van der Waals surface area (Å²) in [6.45, 7) is 11.5. The zero-order valence-electron chi connectivity index (χ0n) is 10.8. The fraction of sp³-hybridized carbons (Fsp3) is 1.00. The Hall–Kier alpha value is -0.0400. The zero-order chi connectivity index (χ0) is 11.0. The molecule has 0 rings (SSSR count). The molecule has 0 aromatic rings. The molecule has 0 aromatic carbocycles. The molecule has 2 atom stereocenters. The van der Waals surface area contributed by atoms with E-state index >= 15 is 0 Å². The summed E-state index contributed by atoms with van der Waals surface area (Å²) in [5.41, 5.74) is 0. The molecule has 1 nitrogen and oxygen atoms in total. The van der Waals surface area contributed by atoms with Crippen molar-refractivity contribution in [3.63, 3.8) is 0 Å². The van der Waals surface area contributed by atoms with Crippen LogP contribution in [0, 0.1) is 5.92 Å². The lowest BCUT2D eigenvalue weighted by molar-refractivity contribution is 0.339. The highest BCUT2D eigenvalue weighted by Crippen LogP contribution is 2.09. The first kappa shape index (κ1) is 14.0. The van der Waals surface area contributed by atoms with E-state index in [0.29, 0.717) is 12.1 Å². The van der Waals surface area contributed by atoms with Gasteiger partial charge in [-0.15, -0.1) is 0 Å². The first-order valence-corrected chi connectivity index (χ1v) is 6.37. The van der Waals surface area contributed by atoms with Gasteiger partial charge in [-0.05, 0) is 25.7 Å². The smallest absolute Gasteiger partial charge is 0.00899 e. The Morgan fingerprint density at radius 1 is 1.00 bits per heavy atom. The zero-order valence-corrected chi connectivity index (χ0v) is 10.8. The van der Waals surface area contributed by atoms with Crippen LogP contribution in [0.1, 0.15) is 66.7 Å². The van der Waals surface area contributed by atoms with Crippen LogP contribution in [-0.4, -0.2) is 12.1 Å². The van der Waals surface area contributed by atoms with E-state index in [1.54, 1.807) is 0 Å². The highest BCUT2D eigenvalue weighted by atomic mass is 14.9. The van der Waals surface area contributed by atoms with Crippen LogP contribution in [0.5, 0.6) is 0 Å². The molecule has 14 heavy (non-hydrogen) atoms. The van der Waals surface area contributed by atoms with Crippen molar-refractivity contribution in [2.75, 3.05) is 0 Å². The van der Waals surface area contributed by atoms with Gasteiger partial charge in [-0.25, -0.2) is 0 Å². The number of nitrogens with one attached hydrogen (secondary N) is 1. The van der Waals surface area contributed by atoms with E-state index in [0.717, 1.165) is 5.92 Å². The van der Waals surface area contributed by atoms with E-state index in [-0.39, 0.29) is 0 Å². The number of rotatable bonds is 8. The van der Waals surface area contributed by atoms with Crippen LogP contribution in [0.3, 0.4) is 0 Å². The predicted molar refractivity (Wildman–Crippen MR) is 65.7 cm³/mol. The molecular formula is C13H29N. The van der Waals surface area contributed by atoms with Gasteiger partial charge in [-0.3, -0.25) is 0 Å². The lowest BCUT2D eigenvalue weighted by Crippen LogP contribution is -2.39. The van der Waals surface area contributed by atoms with Gasteiger partial charge in [0.25, 0.3) is 0 Å². The third-order valence-electron chi connectivity index (χ3n) is 2.98. The summed E-state index contributed by atoms with van der Waals surface area (Å²) < 4.78 is 0. The summed E-state index contributed by atoms with van der Waals surface area (Å²) in [7, 11) is 0. The van der Waals surface area contributed by atoms with Crippen molar-refractivity contribution in [1.82, 2.24) is 5.32 Å². The Morgan fingerprint density at radius 3 is 2.07 bits per heavy atom. The third kappa shape index (κ3) is 6.42. The van der Waals surface area contributed by atoms with Crippen LogP contribution in [0.15, 0.2) is 0 Å². The second kappa shape index (κ2) is 8.28. The Morgan fingerprint density at radius 2 is 1.64 bits per heavy atom. The Balaban J connectivity index is 3.62. The van der Waals surface area contributed by atoms with Gasteiger partial charge in [-0.1, -0.05) is 47.0 Å². The van der Waals surface area contributed by atoms with Gasteiger partial charge in [0.05, 0.1) is 0 Å². The molecule has 0 amide bonds. The molecule has 0 aliphatic rings. The predicted octanol–water partition coefficient (Wildman–Crippen LogP) is 3.98. The van der Waals surface area contributed by atoms with Crippen molar-refractivity contribution in [1.29, 1.82) is 0 Å². The third-order valence-corrected chi connectivity index (χ3v) is 2.98. The molecule has 0 bridgehead atoms. The molecular weight excluding hydrogens is 170 g/mol. The summed E-state index contributed by atoms with van der Waals surface area (Å²) >= 11 is 0. The van der Waals surface area contributed by atoms with E-state index in [1.165, 1.54) is 32.1 Å². The van der Waals surface area contributed by atoms with Crippen molar-refractivity contribution >= 4 is 0 Å². The maximum absolute atomic E-state index is 3.72. The largest absolute Gasteiger partial charge is 0.311 e. The normalized spacial score (nSPS) is 15.9. The standard InChI is InChI=1S/C13H29N/c1-6-8-9-10-12(5)14-13(7-2)11(3)4/h11-14H,6-10H2,1-5H3. The number of hydrogen-bond donors (Lipinski definition) is 1. The van der Waals surface area contributed by atoms with Crippen LogP contribution in [0.4, 0.5) is 0 Å². The second-order valence-corrected chi connectivity index (χ2v) is 4.82. The maximum Gasteiger partial charge on any atom is 0.00899 e. The van der Waals surface area contributed by atoms with Crippen molar-refractivity contribution in [2.24, 2.45) is 5.92 Å². The van der Waals surface area contributed by atoms with Crippen LogP contribution < -0.4 is 5.32 Å². The van der Waals surface area contributed by atoms with Crippen LogP contribution in [-0.2, 0) is 0 Å². The molecule has 0 aliphatic carbocycles. The molecule has 0 aliphatic heterocycles. The van der Waals surface area contributed by atoms with Gasteiger partial charge in [0.1, 0.15) is 0 Å². The maximum atomic E-state index is 3.72. The summed E-state index contributed by atoms with van der Waals surface area (Å²) in [5, 5.41) is 3.72. The summed E-state index contributed by atoms with van der Waals surface area (Å²) in [6, 6.07) is 1.39. The molecule has 2 unspecified atom stereocenters. The Bertz CT molecular complexity index is 120. The van der Waals surface area contributed by atoms with E-state index < -0.39 is 0 Å². The molecule has 0 aromatic heterocycles. The topological polar surface area (TPSA) is 12.0 Å². The van der Waals surface area contributed by atoms with E-state index in [9.17, 15) is 0 Å². The van der Waals surface area contributed by atoms with Gasteiger partial charge >= 0.3 is 0 Å². The quantitative estimate of drug-likeness (QED) is 0.583. The molecule has 0 heterocycles. The van der Waals surface area contributed by atoms with Gasteiger partial charge in [0, 0.05) is 12.1 Å². The summed E-state index contributed by atoms with van der Waals surface area (Å²) in [6.07, 6.45) is 6.66. The highest BCUT2D eigenvalue weighted by molar-refractivity contribution is 4.72. The first-order valence-electron chi connectivity index (χ1n) is 6.37. The lowest BCUT2D eigenvalue weighted by Gasteiger charge is -2.25. The van der Waals surface area contributed by atoms with Crippen molar-refractivity contribution in [3.05, 3.63) is 0 Å². The molecule has 0 saturated carbocycles. The van der Waals surface area contributed by atoms with Crippen LogP contribution >= 0.6 is 0 Å². The minimum atomic E-state index is 0.689. The average Bonchev–Trinajstić information content (AvgIpc) is 2.14. The second-order valence-electron chi connectivity index (χ2n) is 4.82. The fourth-order valence-corrected chi connectivity index (χ4v) is 1.93. The van der Waals surface area contributed by atoms with Crippen molar-refractivity contribution in [2.45, 2.75) is 78.8 Å². The van der Waals surface area contributed by atoms with Crippen LogP contribution in [0.25, 0.3) is 0 Å². The van der Waals surface area contributed by atoms with E-state index in [2.05, 4.69) is 39.9 Å². The molecule has 0 radical (unpaired) electrons. The minimum Gasteiger partial charge on any atom is -0.311 e. The van der Waals surface area contributed by atoms with E-state index in [1.807, 2.05) is 0 Å². The molecule has 0 spiro atoms. The monoisotopic (exact) mass is 199 g/mol. The first-order chi connectivity index (χ1) is 6.61. The molecule has 86 valence electrons. The van der Waals surface area contributed by atoms with E-state index in [4.69, 9.17) is 0 Å². The molecule has 1 N–H and O–H groups in total. The minimum absolute atomic E-state index is 0.689. The van der Waals surface area contributed by atoms with Gasteiger partial charge in [0.2, 0.25) is 0 Å². The molecule has 0 fully saturated rings. The average molecular weight is 199 g/mol. The summed E-state index contributed by atoms with van der Waals surface area (Å²) in [5.74, 6) is 0.758. The number of unbranched alkanes of at least 4 members (excludes halogenated alkanes) is 2. The fourth-order valence-electron chi connectivity index (χ4n) is 1.93. The summed E-state index contributed by atoms with van der Waals surface area (Å²) in [4.78, 5) is 0. The highest BCUT2D eigenvalue weighted by Gasteiger charge is 2.12. The Labute approximate surface area is 90.7 Å². The van der Waals surface area contributed by atoms with Gasteiger partial charge in [-0.2, -0.15) is 0 Å². The van der Waals surface area contributed by atoms with Crippen molar-refractivity contribution < 1.29 is 0 Å². The molecule has 0 saturated heterocycles. The van der Waals surface area contributed by atoms with Gasteiger partial charge < -0.3 is 5.32 Å². The Kier molecular flexibility index (Phi) is 8.26. The SMILES string of the molecule is CCCCCC(C)NC(CC)C(C)C. The van der Waals surface area contributed by atoms with Gasteiger partial charge in [0.15, 0.2) is 0 Å². The number of hydrogen-bond acceptors (Lipinski definition) is 1. The van der Waals surface area contributed by atoms with Crippen LogP contribution in [0.2, 0.25) is 0 Å². The lowest BCUT2D eigenvalue weighted by atomic mass is 10.00. The molecule has 1 heteroatoms. The van der Waals surface area contributed by atoms with Crippen molar-refractivity contribution in [3.8, 4) is 0 Å².